The summed E-state index contributed by atoms with van der Waals surface area (Å²) in [6.45, 7) is 1.25. The Kier molecular flexibility index (Phi) is 9.08. The predicted molar refractivity (Wildman–Crippen MR) is 139 cm³/mol. The number of carbonyl (C=O) groups is 3. The average Bonchev–Trinajstić information content (AvgIpc) is 3.36. The predicted octanol–water partition coefficient (Wildman–Crippen LogP) is 1.93. The van der Waals surface area contributed by atoms with Gasteiger partial charge in [-0.2, -0.15) is 0 Å². The van der Waals surface area contributed by atoms with E-state index in [1.807, 2.05) is 0 Å². The average molecular weight is 543 g/mol. The number of ketones is 1. The summed E-state index contributed by atoms with van der Waals surface area (Å²) in [6.07, 6.45) is 0.317. The Labute approximate surface area is 220 Å². The van der Waals surface area contributed by atoms with Crippen molar-refractivity contribution >= 4 is 38.7 Å². The molecule has 11 nitrogen and oxygen atoms in total. The van der Waals surface area contributed by atoms with Gasteiger partial charge in [0.25, 0.3) is 5.89 Å². The number of amides is 3. The van der Waals surface area contributed by atoms with Crippen molar-refractivity contribution in [3.05, 3.63) is 66.1 Å². The zero-order valence-electron chi connectivity index (χ0n) is 20.8. The van der Waals surface area contributed by atoms with Crippen LogP contribution in [-0.4, -0.2) is 80.7 Å². The Morgan fingerprint density at radius 1 is 0.974 bits per heavy atom. The standard InChI is InChI=1S/C26H30N4O7S/c31-21(25-29-20-9-4-5-11-22(20)37-25)10-6-12-27-24(32)23(17-28-26(33)30-13-15-36-16-14-30)38(34,35)18-19-7-2-1-3-8-19/h1-5,7-9,11,23H,6,10,12-18H2,(H,27,32)(H,28,33). The smallest absolute Gasteiger partial charge is 0.317 e. The lowest BCUT2D eigenvalue weighted by atomic mass is 10.2. The fraction of sp³-hybridized carbons (Fsp3) is 0.385. The Morgan fingerprint density at radius 2 is 1.68 bits per heavy atom. The van der Waals surface area contributed by atoms with E-state index in [1.165, 1.54) is 4.90 Å². The molecule has 0 spiro atoms. The summed E-state index contributed by atoms with van der Waals surface area (Å²) in [5.41, 5.74) is 1.62. The highest BCUT2D eigenvalue weighted by Crippen LogP contribution is 2.16. The number of nitrogens with zero attached hydrogens (tertiary/aromatic N) is 2. The van der Waals surface area contributed by atoms with Crippen LogP contribution in [0.1, 0.15) is 29.1 Å². The number of oxazole rings is 1. The largest absolute Gasteiger partial charge is 0.434 e. The fourth-order valence-electron chi connectivity index (χ4n) is 4.02. The molecule has 1 aliphatic rings. The topological polar surface area (TPSA) is 148 Å². The molecule has 0 saturated carbocycles. The van der Waals surface area contributed by atoms with Crippen LogP contribution in [0.3, 0.4) is 0 Å². The number of hydrogen-bond acceptors (Lipinski definition) is 8. The van der Waals surface area contributed by atoms with E-state index in [0.29, 0.717) is 43.0 Å². The highest BCUT2D eigenvalue weighted by atomic mass is 32.2. The van der Waals surface area contributed by atoms with E-state index < -0.39 is 27.0 Å². The van der Waals surface area contributed by atoms with E-state index in [9.17, 15) is 22.8 Å². The molecule has 1 saturated heterocycles. The molecule has 0 aliphatic carbocycles. The molecule has 1 aromatic heterocycles. The number of urea groups is 1. The summed E-state index contributed by atoms with van der Waals surface area (Å²) in [5, 5.41) is 3.69. The summed E-state index contributed by atoms with van der Waals surface area (Å²) in [4.78, 5) is 43.7. The molecule has 2 N–H and O–H groups in total. The third-order valence-electron chi connectivity index (χ3n) is 6.09. The van der Waals surface area contributed by atoms with E-state index in [0.717, 1.165) is 0 Å². The number of sulfone groups is 1. The third kappa shape index (κ3) is 7.17. The van der Waals surface area contributed by atoms with Crippen LogP contribution < -0.4 is 10.6 Å². The summed E-state index contributed by atoms with van der Waals surface area (Å²) in [5.74, 6) is -1.42. The molecule has 1 atom stereocenters. The second-order valence-electron chi connectivity index (χ2n) is 8.87. The van der Waals surface area contributed by atoms with Gasteiger partial charge in [-0.25, -0.2) is 18.2 Å². The Hall–Kier alpha value is -3.77. The summed E-state index contributed by atoms with van der Waals surface area (Å²) >= 11 is 0. The van der Waals surface area contributed by atoms with Crippen molar-refractivity contribution in [1.82, 2.24) is 20.5 Å². The first-order valence-electron chi connectivity index (χ1n) is 12.4. The first-order valence-corrected chi connectivity index (χ1v) is 14.1. The van der Waals surface area contributed by atoms with Gasteiger partial charge in [-0.3, -0.25) is 9.59 Å². The van der Waals surface area contributed by atoms with Crippen molar-refractivity contribution in [1.29, 1.82) is 0 Å². The number of para-hydroxylation sites is 2. The molecule has 1 aliphatic heterocycles. The molecule has 38 heavy (non-hydrogen) atoms. The van der Waals surface area contributed by atoms with Crippen LogP contribution in [0.5, 0.6) is 0 Å². The minimum absolute atomic E-state index is 0.00772. The van der Waals surface area contributed by atoms with Crippen molar-refractivity contribution in [2.45, 2.75) is 23.8 Å². The van der Waals surface area contributed by atoms with E-state index in [1.54, 1.807) is 54.6 Å². The molecule has 0 radical (unpaired) electrons. The van der Waals surface area contributed by atoms with Crippen molar-refractivity contribution in [3.63, 3.8) is 0 Å². The van der Waals surface area contributed by atoms with E-state index in [-0.39, 0.29) is 43.4 Å². The second-order valence-corrected chi connectivity index (χ2v) is 11.1. The SMILES string of the molecule is O=C(CCCNC(=O)C(CNC(=O)N1CCOCC1)S(=O)(=O)Cc1ccccc1)c1nc2ccccc2o1. The number of carbonyl (C=O) groups excluding carboxylic acids is 3. The van der Waals surface area contributed by atoms with E-state index >= 15 is 0 Å². The number of aromatic nitrogens is 1. The normalized spacial score (nSPS) is 14.7. The maximum atomic E-state index is 13.2. The number of Topliss-reactive ketones (excluding diaryl/α,β-unsaturated/α-hetero) is 1. The quantitative estimate of drug-likeness (QED) is 0.276. The minimum Gasteiger partial charge on any atom is -0.434 e. The molecule has 2 heterocycles. The van der Waals surface area contributed by atoms with Crippen molar-refractivity contribution < 1.29 is 32.0 Å². The maximum Gasteiger partial charge on any atom is 0.317 e. The fourth-order valence-corrected chi connectivity index (χ4v) is 5.63. The highest BCUT2D eigenvalue weighted by molar-refractivity contribution is 7.92. The number of ether oxygens (including phenoxy) is 1. The van der Waals surface area contributed by atoms with Gasteiger partial charge in [0, 0.05) is 32.6 Å². The van der Waals surface area contributed by atoms with Crippen molar-refractivity contribution in [2.24, 2.45) is 0 Å². The van der Waals surface area contributed by atoms with Crippen molar-refractivity contribution in [2.75, 3.05) is 39.4 Å². The molecular weight excluding hydrogens is 512 g/mol. The zero-order valence-corrected chi connectivity index (χ0v) is 21.6. The first-order chi connectivity index (χ1) is 18.3. The minimum atomic E-state index is -3.97. The van der Waals surface area contributed by atoms with Crippen LogP contribution in [0.4, 0.5) is 4.79 Å². The van der Waals surface area contributed by atoms with Crippen LogP contribution in [0.15, 0.2) is 59.0 Å². The molecule has 0 bridgehead atoms. The van der Waals surface area contributed by atoms with E-state index in [4.69, 9.17) is 9.15 Å². The molecule has 1 unspecified atom stereocenters. The number of nitrogens with one attached hydrogen (secondary N) is 2. The summed E-state index contributed by atoms with van der Waals surface area (Å²) < 4.78 is 37.1. The third-order valence-corrected chi connectivity index (χ3v) is 8.07. The summed E-state index contributed by atoms with van der Waals surface area (Å²) in [6, 6.07) is 15.1. The van der Waals surface area contributed by atoms with Gasteiger partial charge in [-0.05, 0) is 24.1 Å². The number of morpholine rings is 1. The van der Waals surface area contributed by atoms with Crippen molar-refractivity contribution in [3.8, 4) is 0 Å². The van der Waals surface area contributed by atoms with Gasteiger partial charge >= 0.3 is 6.03 Å². The second kappa shape index (κ2) is 12.7. The van der Waals surface area contributed by atoms with Crippen LogP contribution in [-0.2, 0) is 25.1 Å². The van der Waals surface area contributed by atoms with Crippen LogP contribution in [0, 0.1) is 0 Å². The molecule has 1 fully saturated rings. The molecular formula is C26H30N4O7S. The van der Waals surface area contributed by atoms with Gasteiger partial charge in [0.1, 0.15) is 5.52 Å². The Morgan fingerprint density at radius 3 is 2.42 bits per heavy atom. The van der Waals surface area contributed by atoms with E-state index in [2.05, 4.69) is 15.6 Å². The molecule has 3 amide bonds. The molecule has 2 aromatic carbocycles. The van der Waals surface area contributed by atoms with Gasteiger partial charge < -0.3 is 24.7 Å². The molecule has 12 heteroatoms. The zero-order chi connectivity index (χ0) is 27.0. The highest BCUT2D eigenvalue weighted by Gasteiger charge is 2.33. The van der Waals surface area contributed by atoms with Gasteiger partial charge in [0.2, 0.25) is 11.7 Å². The van der Waals surface area contributed by atoms with Gasteiger partial charge in [-0.1, -0.05) is 42.5 Å². The lowest BCUT2D eigenvalue weighted by Crippen LogP contribution is -2.52. The number of fused-ring (bicyclic) bond motifs is 1. The van der Waals surface area contributed by atoms with Gasteiger partial charge in [0.05, 0.1) is 19.0 Å². The first kappa shape index (κ1) is 27.3. The molecule has 202 valence electrons. The molecule has 4 rings (SSSR count). The number of hydrogen-bond donors (Lipinski definition) is 2. The Bertz CT molecular complexity index is 1340. The maximum absolute atomic E-state index is 13.2. The van der Waals surface area contributed by atoms with Gasteiger partial charge in [0.15, 0.2) is 20.7 Å². The number of rotatable bonds is 11. The Balaban J connectivity index is 1.35. The molecule has 3 aromatic rings. The summed E-state index contributed by atoms with van der Waals surface area (Å²) in [7, 11) is -3.97. The lowest BCUT2D eigenvalue weighted by Gasteiger charge is -2.27. The van der Waals surface area contributed by atoms with Crippen LogP contribution in [0.2, 0.25) is 0 Å². The van der Waals surface area contributed by atoms with Gasteiger partial charge in [-0.15, -0.1) is 0 Å². The van der Waals surface area contributed by atoms with Crippen LogP contribution in [0.25, 0.3) is 11.1 Å². The lowest BCUT2D eigenvalue weighted by molar-refractivity contribution is -0.120. The van der Waals surface area contributed by atoms with Crippen LogP contribution >= 0.6 is 0 Å². The number of benzene rings is 2. The monoisotopic (exact) mass is 542 g/mol.